The van der Waals surface area contributed by atoms with Gasteiger partial charge in [-0.25, -0.2) is 9.98 Å². The lowest BCUT2D eigenvalue weighted by atomic mass is 9.81. The monoisotopic (exact) mass is 581 g/mol. The largest absolute Gasteiger partial charge is 0.394 e. The third-order valence-electron chi connectivity index (χ3n) is 7.34. The van der Waals surface area contributed by atoms with E-state index in [4.69, 9.17) is 41.9 Å². The number of nitrogens with two attached hydrogens (primary N) is 4. The number of guanidine groups is 2. The number of carbonyl (C=O) groups is 1. The predicted molar refractivity (Wildman–Crippen MR) is 133 cm³/mol. The molecule has 0 amide bonds. The first-order valence-electron chi connectivity index (χ1n) is 12.4. The van der Waals surface area contributed by atoms with Gasteiger partial charge in [-0.05, 0) is 14.0 Å². The van der Waals surface area contributed by atoms with Crippen molar-refractivity contribution >= 4 is 18.2 Å². The number of likely N-dealkylation sites (N-methyl/N-ethyl adjacent to an activating group) is 1. The van der Waals surface area contributed by atoms with E-state index in [0.717, 1.165) is 0 Å². The van der Waals surface area contributed by atoms with E-state index in [0.29, 0.717) is 0 Å². The molecule has 15 atom stereocenters. The Labute approximate surface area is 228 Å². The molecule has 40 heavy (non-hydrogen) atoms. The quantitative estimate of drug-likeness (QED) is 0.0682. The van der Waals surface area contributed by atoms with E-state index < -0.39 is 110 Å². The first-order valence-corrected chi connectivity index (χ1v) is 12.4. The molecule has 3 aliphatic rings. The van der Waals surface area contributed by atoms with Gasteiger partial charge in [0.25, 0.3) is 0 Å². The summed E-state index contributed by atoms with van der Waals surface area (Å²) in [5.74, 6) is -1.03. The van der Waals surface area contributed by atoms with Crippen molar-refractivity contribution in [2.75, 3.05) is 13.7 Å². The second-order valence-electron chi connectivity index (χ2n) is 9.89. The Balaban J connectivity index is 1.96. The average Bonchev–Trinajstić information content (AvgIpc) is 3.13. The molecule has 3 rings (SSSR count). The van der Waals surface area contributed by atoms with Gasteiger partial charge in [0.05, 0.1) is 18.8 Å². The molecule has 19 nitrogen and oxygen atoms in total. The van der Waals surface area contributed by atoms with Gasteiger partial charge in [0.2, 0.25) is 0 Å². The molecule has 1 saturated carbocycles. The van der Waals surface area contributed by atoms with Crippen molar-refractivity contribution in [1.29, 1.82) is 0 Å². The van der Waals surface area contributed by atoms with Crippen molar-refractivity contribution in [3.63, 3.8) is 0 Å². The van der Waals surface area contributed by atoms with Crippen LogP contribution in [0.3, 0.4) is 0 Å². The van der Waals surface area contributed by atoms with Gasteiger partial charge >= 0.3 is 0 Å². The van der Waals surface area contributed by atoms with Crippen LogP contribution >= 0.6 is 0 Å². The number of nitrogens with zero attached hydrogens (tertiary/aromatic N) is 2. The minimum atomic E-state index is -2.38. The lowest BCUT2D eigenvalue weighted by Crippen LogP contribution is -2.66. The fraction of sp³-hybridized carbons (Fsp3) is 0.857. The Morgan fingerprint density at radius 2 is 1.50 bits per heavy atom. The van der Waals surface area contributed by atoms with Gasteiger partial charge < -0.3 is 82.9 Å². The predicted octanol–water partition coefficient (Wildman–Crippen LogP) is -8.16. The minimum absolute atomic E-state index is 0.140. The minimum Gasteiger partial charge on any atom is -0.394 e. The highest BCUT2D eigenvalue weighted by atomic mass is 16.8. The number of ether oxygens (including phenoxy) is 4. The number of hydrogen-bond acceptors (Lipinski definition) is 15. The van der Waals surface area contributed by atoms with Gasteiger partial charge in [0.15, 0.2) is 36.4 Å². The van der Waals surface area contributed by atoms with Gasteiger partial charge in [-0.15, -0.1) is 0 Å². The molecule has 19 heteroatoms. The van der Waals surface area contributed by atoms with Gasteiger partial charge in [-0.3, -0.25) is 4.79 Å². The van der Waals surface area contributed by atoms with Crippen LogP contribution in [0.5, 0.6) is 0 Å². The maximum absolute atomic E-state index is 12.1. The summed E-state index contributed by atoms with van der Waals surface area (Å²) in [6.45, 7) is 0.620. The highest BCUT2D eigenvalue weighted by Crippen LogP contribution is 2.38. The second-order valence-corrected chi connectivity index (χ2v) is 9.89. The van der Waals surface area contributed by atoms with Crippen molar-refractivity contribution in [1.82, 2.24) is 5.32 Å². The summed E-state index contributed by atoms with van der Waals surface area (Å²) in [6, 6.07) is -4.08. The molecule has 0 bridgehead atoms. The zero-order valence-corrected chi connectivity index (χ0v) is 21.7. The van der Waals surface area contributed by atoms with Crippen LogP contribution in [0.15, 0.2) is 9.98 Å². The summed E-state index contributed by atoms with van der Waals surface area (Å²) in [7, 11) is 1.42. The number of aliphatic hydroxyl groups excluding tert-OH is 6. The summed E-state index contributed by atoms with van der Waals surface area (Å²) < 4.78 is 22.9. The standard InChI is InChI=1S/C21H39N7O12/c1-5-21(36,4-30)16(40-17-9(26-2)13(34)10(31)6(3-29)38-17)18(37-5)39-15-8(28-20(24)25)11(32)7(27-19(22)23)12(33)14(15)35/h4-18,26,29,31-36H,3H2,1-2H3,(H4,22,23,27)(H4,24,25,28)/t5-,6-,7+,8-,9-,10-,11+,12-,13-,14+,15-,16-,17-,18-,21+/m0/s1. The fourth-order valence-corrected chi connectivity index (χ4v) is 5.08. The van der Waals surface area contributed by atoms with Crippen LogP contribution in [0.4, 0.5) is 0 Å². The van der Waals surface area contributed by atoms with Crippen LogP contribution in [0.25, 0.3) is 0 Å². The molecule has 3 fully saturated rings. The Kier molecular flexibility index (Phi) is 10.2. The zero-order valence-electron chi connectivity index (χ0n) is 21.7. The number of aldehydes is 1. The summed E-state index contributed by atoms with van der Waals surface area (Å²) in [5, 5.41) is 76.6. The van der Waals surface area contributed by atoms with Crippen LogP contribution in [-0.4, -0.2) is 159 Å². The van der Waals surface area contributed by atoms with Crippen LogP contribution in [0, 0.1) is 0 Å². The third-order valence-corrected chi connectivity index (χ3v) is 7.34. The smallest absolute Gasteiger partial charge is 0.188 e. The lowest BCUT2D eigenvalue weighted by molar-refractivity contribution is -0.314. The number of aliphatic imine (C=N–C) groups is 2. The molecule has 2 saturated heterocycles. The van der Waals surface area contributed by atoms with Crippen molar-refractivity contribution in [2.24, 2.45) is 32.9 Å². The highest BCUT2D eigenvalue weighted by molar-refractivity contribution is 5.76. The van der Waals surface area contributed by atoms with Gasteiger partial charge in [0, 0.05) is 0 Å². The maximum Gasteiger partial charge on any atom is 0.188 e. The molecule has 0 unspecified atom stereocenters. The topological polar surface area (TPSA) is 336 Å². The van der Waals surface area contributed by atoms with Crippen molar-refractivity contribution in [3.8, 4) is 0 Å². The molecule has 1 aliphatic carbocycles. The average molecular weight is 582 g/mol. The maximum atomic E-state index is 12.1. The number of nitrogens with one attached hydrogen (secondary N) is 1. The molecule has 0 aromatic rings. The Morgan fingerprint density at radius 1 is 0.900 bits per heavy atom. The zero-order chi connectivity index (χ0) is 30.1. The van der Waals surface area contributed by atoms with Crippen LogP contribution in [0.1, 0.15) is 6.92 Å². The van der Waals surface area contributed by atoms with E-state index in [1.807, 2.05) is 0 Å². The Morgan fingerprint density at radius 3 is 2.02 bits per heavy atom. The summed E-state index contributed by atoms with van der Waals surface area (Å²) in [6.07, 6.45) is -17.3. The third kappa shape index (κ3) is 6.00. The number of rotatable bonds is 9. The summed E-state index contributed by atoms with van der Waals surface area (Å²) >= 11 is 0. The summed E-state index contributed by atoms with van der Waals surface area (Å²) in [5.41, 5.74) is 19.4. The van der Waals surface area contributed by atoms with Gasteiger partial charge in [0.1, 0.15) is 60.9 Å². The van der Waals surface area contributed by atoms with Crippen molar-refractivity contribution in [3.05, 3.63) is 0 Å². The van der Waals surface area contributed by atoms with Crippen LogP contribution in [-0.2, 0) is 23.7 Å². The van der Waals surface area contributed by atoms with Gasteiger partial charge in [-0.2, -0.15) is 0 Å². The SMILES string of the molecule is CN[C@@H]1[C@H](O[C@H]2[C@H](O[C@@H]3[C@H](O)[C@@H](O)[C@H](N=C(N)N)[C@@H](O)[C@@H]3N=C(N)N)O[C@@H](C)[C@]2(O)C=O)O[C@@H](CO)[C@H](O)[C@H]1O. The van der Waals surface area contributed by atoms with Crippen LogP contribution < -0.4 is 28.3 Å². The molecular weight excluding hydrogens is 542 g/mol. The Hall–Kier alpha value is -2.27. The first-order chi connectivity index (χ1) is 18.7. The number of hydrogen-bond donors (Lipinski definition) is 12. The highest BCUT2D eigenvalue weighted by Gasteiger charge is 2.60. The lowest BCUT2D eigenvalue weighted by Gasteiger charge is -2.45. The second kappa shape index (κ2) is 12.7. The van der Waals surface area contributed by atoms with E-state index in [9.17, 15) is 40.5 Å². The van der Waals surface area contributed by atoms with Crippen molar-refractivity contribution in [2.45, 2.75) is 98.2 Å². The summed E-state index contributed by atoms with van der Waals surface area (Å²) in [4.78, 5) is 19.7. The molecule has 0 spiro atoms. The van der Waals surface area contributed by atoms with Crippen LogP contribution in [0.2, 0.25) is 0 Å². The van der Waals surface area contributed by atoms with E-state index in [-0.39, 0.29) is 6.29 Å². The number of carbonyl (C=O) groups excluding carboxylic acids is 1. The molecular formula is C21H39N7O12. The van der Waals surface area contributed by atoms with Gasteiger partial charge in [-0.1, -0.05) is 0 Å². The molecule has 2 heterocycles. The molecule has 0 aromatic heterocycles. The Bertz CT molecular complexity index is 940. The van der Waals surface area contributed by atoms with E-state index in [1.54, 1.807) is 0 Å². The van der Waals surface area contributed by atoms with E-state index in [1.165, 1.54) is 14.0 Å². The van der Waals surface area contributed by atoms with Crippen molar-refractivity contribution < 1.29 is 59.5 Å². The van der Waals surface area contributed by atoms with E-state index in [2.05, 4.69) is 15.3 Å². The fourth-order valence-electron chi connectivity index (χ4n) is 5.08. The molecule has 2 aliphatic heterocycles. The molecule has 16 N–H and O–H groups in total. The molecule has 0 radical (unpaired) electrons. The first kappa shape index (κ1) is 32.2. The van der Waals surface area contributed by atoms with E-state index >= 15 is 0 Å². The normalized spacial score (nSPS) is 47.4. The molecule has 0 aromatic carbocycles. The number of aliphatic hydroxyl groups is 7. The molecule has 230 valence electrons.